The Morgan fingerprint density at radius 2 is 1.86 bits per heavy atom. The van der Waals surface area contributed by atoms with Crippen molar-refractivity contribution in [3.8, 4) is 28.3 Å². The Labute approximate surface area is 206 Å². The van der Waals surface area contributed by atoms with Gasteiger partial charge >= 0.3 is 0 Å². The number of hydrogen-bond acceptors (Lipinski definition) is 4. The Morgan fingerprint density at radius 3 is 2.54 bits per heavy atom. The average Bonchev–Trinajstić information content (AvgIpc) is 3.25. The van der Waals surface area contributed by atoms with Gasteiger partial charge in [0.05, 0.1) is 17.3 Å². The minimum absolute atomic E-state index is 0.104. The summed E-state index contributed by atoms with van der Waals surface area (Å²) in [7, 11) is 0. The highest BCUT2D eigenvalue weighted by molar-refractivity contribution is 6.30. The Bertz CT molecular complexity index is 1450. The molecular weight excluding hydrogens is 472 g/mol. The van der Waals surface area contributed by atoms with Gasteiger partial charge in [0.1, 0.15) is 17.3 Å². The summed E-state index contributed by atoms with van der Waals surface area (Å²) in [6.07, 6.45) is 4.60. The maximum Gasteiger partial charge on any atom is 0.255 e. The van der Waals surface area contributed by atoms with E-state index in [1.165, 1.54) is 22.8 Å². The van der Waals surface area contributed by atoms with E-state index in [4.69, 9.17) is 21.0 Å². The molecular formula is C27H24ClF2N3O2. The number of aryl methyl sites for hydroxylation is 2. The number of aromatic nitrogens is 2. The topological polar surface area (TPSA) is 60.1 Å². The molecule has 2 aromatic heterocycles. The maximum absolute atomic E-state index is 14.8. The second-order valence-corrected chi connectivity index (χ2v) is 9.31. The summed E-state index contributed by atoms with van der Waals surface area (Å²) in [4.78, 5) is 17.6. The standard InChI is InChI=1S/C27H24ClF2N3O2/c1-15-11-18(28)12-16(2)25(15)33-14-17(6-9-23(33)34)24-26(20-8-7-19(29)13-21(20)30)35-27(32-24)22-5-3-4-10-31-22/h6-9,11-14,22,31H,3-5,10H2,1-2H3. The van der Waals surface area contributed by atoms with Crippen molar-refractivity contribution in [2.24, 2.45) is 0 Å². The van der Waals surface area contributed by atoms with Gasteiger partial charge in [-0.25, -0.2) is 13.8 Å². The molecule has 0 saturated carbocycles. The van der Waals surface area contributed by atoms with Crippen LogP contribution in [0.2, 0.25) is 5.02 Å². The molecule has 0 aliphatic carbocycles. The first-order valence-electron chi connectivity index (χ1n) is 11.5. The molecule has 3 heterocycles. The van der Waals surface area contributed by atoms with Gasteiger partial charge in [-0.2, -0.15) is 0 Å². The summed E-state index contributed by atoms with van der Waals surface area (Å²) in [5.41, 5.74) is 3.23. The molecule has 1 atom stereocenters. The van der Waals surface area contributed by atoms with E-state index in [1.807, 2.05) is 13.8 Å². The van der Waals surface area contributed by atoms with Gasteiger partial charge in [0, 0.05) is 28.9 Å². The maximum atomic E-state index is 14.8. The van der Waals surface area contributed by atoms with Crippen molar-refractivity contribution in [3.63, 3.8) is 0 Å². The molecule has 1 N–H and O–H groups in total. The largest absolute Gasteiger partial charge is 0.438 e. The Kier molecular flexibility index (Phi) is 6.30. The third-order valence-corrected chi connectivity index (χ3v) is 6.53. The molecule has 5 nitrogen and oxygen atoms in total. The van der Waals surface area contributed by atoms with Gasteiger partial charge in [0.2, 0.25) is 5.89 Å². The molecule has 1 saturated heterocycles. The third kappa shape index (κ3) is 4.54. The highest BCUT2D eigenvalue weighted by Gasteiger charge is 2.26. The van der Waals surface area contributed by atoms with Crippen LogP contribution in [-0.4, -0.2) is 16.1 Å². The van der Waals surface area contributed by atoms with Crippen LogP contribution in [0, 0.1) is 25.5 Å². The molecule has 5 rings (SSSR count). The number of nitrogens with zero attached hydrogens (tertiary/aromatic N) is 2. The van der Waals surface area contributed by atoms with Crippen LogP contribution < -0.4 is 10.9 Å². The highest BCUT2D eigenvalue weighted by Crippen LogP contribution is 2.37. The molecule has 180 valence electrons. The Morgan fingerprint density at radius 1 is 1.09 bits per heavy atom. The lowest BCUT2D eigenvalue weighted by molar-refractivity contribution is 0.341. The third-order valence-electron chi connectivity index (χ3n) is 6.31. The summed E-state index contributed by atoms with van der Waals surface area (Å²) < 4.78 is 36.1. The van der Waals surface area contributed by atoms with E-state index in [2.05, 4.69) is 5.32 Å². The molecule has 0 bridgehead atoms. The normalized spacial score (nSPS) is 16.0. The summed E-state index contributed by atoms with van der Waals surface area (Å²) >= 11 is 6.19. The smallest absolute Gasteiger partial charge is 0.255 e. The molecule has 0 amide bonds. The van der Waals surface area contributed by atoms with Crippen molar-refractivity contribution in [3.05, 3.63) is 92.7 Å². The molecule has 1 unspecified atom stereocenters. The average molecular weight is 496 g/mol. The number of piperidine rings is 1. The summed E-state index contributed by atoms with van der Waals surface area (Å²) in [5, 5.41) is 3.98. The fourth-order valence-electron chi connectivity index (χ4n) is 4.69. The van der Waals surface area contributed by atoms with Crippen molar-refractivity contribution in [2.45, 2.75) is 39.2 Å². The fraction of sp³-hybridized carbons (Fsp3) is 0.259. The summed E-state index contributed by atoms with van der Waals surface area (Å²) in [5.74, 6) is -0.790. The Hall–Kier alpha value is -3.29. The number of benzene rings is 2. The second kappa shape index (κ2) is 9.40. The van der Waals surface area contributed by atoms with Crippen LogP contribution in [0.5, 0.6) is 0 Å². The Balaban J connectivity index is 1.70. The van der Waals surface area contributed by atoms with Crippen molar-refractivity contribution >= 4 is 11.6 Å². The SMILES string of the molecule is Cc1cc(Cl)cc(C)c1-n1cc(-c2nc(C3CCCCN3)oc2-c2ccc(F)cc2F)ccc1=O. The predicted molar refractivity (Wildman–Crippen MR) is 132 cm³/mol. The van der Waals surface area contributed by atoms with E-state index < -0.39 is 11.6 Å². The number of pyridine rings is 1. The minimum atomic E-state index is -0.747. The van der Waals surface area contributed by atoms with Gasteiger partial charge < -0.3 is 9.73 Å². The monoisotopic (exact) mass is 495 g/mol. The molecule has 8 heteroatoms. The number of halogens is 3. The van der Waals surface area contributed by atoms with Crippen molar-refractivity contribution < 1.29 is 13.2 Å². The molecule has 35 heavy (non-hydrogen) atoms. The van der Waals surface area contributed by atoms with Crippen LogP contribution in [0.3, 0.4) is 0 Å². The lowest BCUT2D eigenvalue weighted by Crippen LogP contribution is -2.26. The molecule has 4 aromatic rings. The lowest BCUT2D eigenvalue weighted by atomic mass is 10.0. The number of oxazole rings is 1. The number of nitrogens with one attached hydrogen (secondary N) is 1. The zero-order valence-corrected chi connectivity index (χ0v) is 20.1. The molecule has 1 fully saturated rings. The molecule has 0 radical (unpaired) electrons. The van der Waals surface area contributed by atoms with Crippen molar-refractivity contribution in [1.29, 1.82) is 0 Å². The molecule has 1 aliphatic rings. The van der Waals surface area contributed by atoms with E-state index in [1.54, 1.807) is 24.4 Å². The van der Waals surface area contributed by atoms with E-state index in [0.717, 1.165) is 43.0 Å². The zero-order valence-electron chi connectivity index (χ0n) is 19.4. The van der Waals surface area contributed by atoms with Crippen LogP contribution in [0.1, 0.15) is 42.3 Å². The molecule has 2 aromatic carbocycles. The van der Waals surface area contributed by atoms with Crippen LogP contribution in [0.4, 0.5) is 8.78 Å². The fourth-order valence-corrected chi connectivity index (χ4v) is 5.01. The van der Waals surface area contributed by atoms with Crippen molar-refractivity contribution in [1.82, 2.24) is 14.9 Å². The minimum Gasteiger partial charge on any atom is -0.438 e. The summed E-state index contributed by atoms with van der Waals surface area (Å²) in [6.45, 7) is 4.60. The van der Waals surface area contributed by atoms with Crippen LogP contribution in [-0.2, 0) is 0 Å². The number of rotatable bonds is 4. The van der Waals surface area contributed by atoms with Gasteiger partial charge in [-0.1, -0.05) is 18.0 Å². The van der Waals surface area contributed by atoms with Gasteiger partial charge in [0.25, 0.3) is 5.56 Å². The van der Waals surface area contributed by atoms with E-state index in [0.29, 0.717) is 27.9 Å². The quantitative estimate of drug-likeness (QED) is 0.350. The first-order valence-corrected chi connectivity index (χ1v) is 11.9. The zero-order chi connectivity index (χ0) is 24.7. The first-order chi connectivity index (χ1) is 16.8. The first kappa shape index (κ1) is 23.5. The van der Waals surface area contributed by atoms with Gasteiger partial charge in [-0.3, -0.25) is 9.36 Å². The van der Waals surface area contributed by atoms with Gasteiger partial charge in [-0.05, 0) is 74.7 Å². The molecule has 1 aliphatic heterocycles. The van der Waals surface area contributed by atoms with E-state index in [-0.39, 0.29) is 22.9 Å². The van der Waals surface area contributed by atoms with Crippen LogP contribution in [0.25, 0.3) is 28.3 Å². The highest BCUT2D eigenvalue weighted by atomic mass is 35.5. The van der Waals surface area contributed by atoms with Crippen molar-refractivity contribution in [2.75, 3.05) is 6.54 Å². The van der Waals surface area contributed by atoms with Crippen LogP contribution >= 0.6 is 11.6 Å². The van der Waals surface area contributed by atoms with Gasteiger partial charge in [-0.15, -0.1) is 0 Å². The van der Waals surface area contributed by atoms with Crippen LogP contribution in [0.15, 0.2) is 57.9 Å². The lowest BCUT2D eigenvalue weighted by Gasteiger charge is -2.20. The number of hydrogen-bond donors (Lipinski definition) is 1. The van der Waals surface area contributed by atoms with E-state index >= 15 is 0 Å². The summed E-state index contributed by atoms with van der Waals surface area (Å²) in [6, 6.07) is 9.92. The second-order valence-electron chi connectivity index (χ2n) is 8.87. The molecule has 0 spiro atoms. The van der Waals surface area contributed by atoms with E-state index in [9.17, 15) is 13.6 Å². The van der Waals surface area contributed by atoms with Gasteiger partial charge in [0.15, 0.2) is 5.76 Å². The predicted octanol–water partition coefficient (Wildman–Crippen LogP) is 6.52.